The van der Waals surface area contributed by atoms with E-state index in [-0.39, 0.29) is 6.09 Å². The van der Waals surface area contributed by atoms with Crippen LogP contribution in [0.25, 0.3) is 0 Å². The Morgan fingerprint density at radius 1 is 1.42 bits per heavy atom. The molecule has 0 radical (unpaired) electrons. The van der Waals surface area contributed by atoms with E-state index in [0.717, 1.165) is 0 Å². The van der Waals surface area contributed by atoms with Crippen LogP contribution in [0.4, 0.5) is 4.79 Å². The topological polar surface area (TPSA) is 66.8 Å². The van der Waals surface area contributed by atoms with Gasteiger partial charge in [-0.05, 0) is 40.0 Å². The molecule has 0 saturated carbocycles. The third-order valence-corrected chi connectivity index (χ3v) is 2.55. The van der Waals surface area contributed by atoms with Gasteiger partial charge < -0.3 is 14.7 Å². The highest BCUT2D eigenvalue weighted by Crippen LogP contribution is 2.14. The lowest BCUT2D eigenvalue weighted by Gasteiger charge is -2.24. The van der Waals surface area contributed by atoms with Crippen LogP contribution in [-0.4, -0.2) is 41.3 Å². The Bertz CT molecular complexity index is 320. The number of amides is 1. The van der Waals surface area contributed by atoms with Crippen molar-refractivity contribution in [1.82, 2.24) is 4.90 Å². The monoisotopic (exact) mass is 271 g/mol. The predicted molar refractivity (Wildman–Crippen MR) is 74.0 cm³/mol. The molecule has 1 amide bonds. The summed E-state index contributed by atoms with van der Waals surface area (Å²) in [5.41, 5.74) is -0.516. The number of carboxylic acid groups (broad SMARTS) is 1. The molecule has 0 aromatic heterocycles. The van der Waals surface area contributed by atoms with E-state index in [2.05, 4.69) is 6.58 Å². The summed E-state index contributed by atoms with van der Waals surface area (Å²) in [5.74, 6) is -1.25. The first-order valence-electron chi connectivity index (χ1n) is 6.45. The first-order chi connectivity index (χ1) is 8.67. The molecular weight excluding hydrogens is 246 g/mol. The highest BCUT2D eigenvalue weighted by atomic mass is 16.6. The third-order valence-electron chi connectivity index (χ3n) is 2.55. The van der Waals surface area contributed by atoms with E-state index in [9.17, 15) is 9.59 Å². The molecule has 0 bridgehead atoms. The van der Waals surface area contributed by atoms with Gasteiger partial charge in [0.05, 0.1) is 5.92 Å². The van der Waals surface area contributed by atoms with Gasteiger partial charge in [0.1, 0.15) is 5.60 Å². The molecule has 0 aliphatic rings. The first-order valence-corrected chi connectivity index (χ1v) is 6.45. The molecule has 0 spiro atoms. The fourth-order valence-corrected chi connectivity index (χ4v) is 1.55. The second-order valence-corrected chi connectivity index (χ2v) is 5.60. The number of nitrogens with zero attached hydrogens (tertiary/aromatic N) is 1. The van der Waals surface area contributed by atoms with Gasteiger partial charge in [-0.25, -0.2) is 4.79 Å². The fraction of sp³-hybridized carbons (Fsp3) is 0.714. The zero-order valence-corrected chi connectivity index (χ0v) is 12.3. The summed E-state index contributed by atoms with van der Waals surface area (Å²) >= 11 is 0. The summed E-state index contributed by atoms with van der Waals surface area (Å²) in [6.45, 7) is 9.46. The van der Waals surface area contributed by atoms with Gasteiger partial charge in [-0.1, -0.05) is 6.08 Å². The smallest absolute Gasteiger partial charge is 0.410 e. The SMILES string of the molecule is C=CCC(CCCN(C)C(=O)OC(C)(C)C)C(=O)O. The Morgan fingerprint density at radius 3 is 2.42 bits per heavy atom. The largest absolute Gasteiger partial charge is 0.481 e. The number of hydrogen-bond acceptors (Lipinski definition) is 3. The van der Waals surface area contributed by atoms with Gasteiger partial charge >= 0.3 is 12.1 Å². The Balaban J connectivity index is 4.08. The number of carboxylic acids is 1. The van der Waals surface area contributed by atoms with Gasteiger partial charge in [0.2, 0.25) is 0 Å². The van der Waals surface area contributed by atoms with Crippen molar-refractivity contribution >= 4 is 12.1 Å². The maximum Gasteiger partial charge on any atom is 0.410 e. The second kappa shape index (κ2) is 7.81. The molecule has 0 heterocycles. The minimum absolute atomic E-state index is 0.386. The van der Waals surface area contributed by atoms with Crippen molar-refractivity contribution < 1.29 is 19.4 Å². The molecule has 19 heavy (non-hydrogen) atoms. The van der Waals surface area contributed by atoms with Crippen molar-refractivity contribution in [3.63, 3.8) is 0 Å². The molecule has 1 N–H and O–H groups in total. The van der Waals surface area contributed by atoms with Crippen LogP contribution < -0.4 is 0 Å². The van der Waals surface area contributed by atoms with Crippen LogP contribution in [0, 0.1) is 5.92 Å². The Hall–Kier alpha value is -1.52. The van der Waals surface area contributed by atoms with Gasteiger partial charge in [-0.2, -0.15) is 0 Å². The molecule has 5 nitrogen and oxygen atoms in total. The van der Waals surface area contributed by atoms with Crippen LogP contribution in [0.1, 0.15) is 40.0 Å². The van der Waals surface area contributed by atoms with E-state index < -0.39 is 17.5 Å². The molecule has 0 aromatic carbocycles. The molecule has 0 fully saturated rings. The number of ether oxygens (including phenoxy) is 1. The summed E-state index contributed by atoms with van der Waals surface area (Å²) in [6, 6.07) is 0. The van der Waals surface area contributed by atoms with Crippen molar-refractivity contribution in [3.8, 4) is 0 Å². The van der Waals surface area contributed by atoms with Crippen LogP contribution in [0.15, 0.2) is 12.7 Å². The number of aliphatic carboxylic acids is 1. The minimum atomic E-state index is -0.820. The quantitative estimate of drug-likeness (QED) is 0.723. The minimum Gasteiger partial charge on any atom is -0.481 e. The summed E-state index contributed by atoms with van der Waals surface area (Å²) in [7, 11) is 1.65. The van der Waals surface area contributed by atoms with Gasteiger partial charge in [-0.3, -0.25) is 4.79 Å². The maximum atomic E-state index is 11.7. The molecule has 110 valence electrons. The van der Waals surface area contributed by atoms with E-state index >= 15 is 0 Å². The molecule has 0 aliphatic carbocycles. The summed E-state index contributed by atoms with van der Waals surface area (Å²) in [5, 5.41) is 8.98. The molecule has 0 saturated heterocycles. The van der Waals surface area contributed by atoms with Gasteiger partial charge in [0.15, 0.2) is 0 Å². The van der Waals surface area contributed by atoms with Crippen LogP contribution in [-0.2, 0) is 9.53 Å². The fourth-order valence-electron chi connectivity index (χ4n) is 1.55. The Labute approximate surface area is 115 Å². The maximum absolute atomic E-state index is 11.7. The third kappa shape index (κ3) is 8.24. The van der Waals surface area contributed by atoms with Gasteiger partial charge in [0.25, 0.3) is 0 Å². The highest BCUT2D eigenvalue weighted by molar-refractivity contribution is 5.70. The summed E-state index contributed by atoms with van der Waals surface area (Å²) in [4.78, 5) is 24.1. The highest BCUT2D eigenvalue weighted by Gasteiger charge is 2.20. The van der Waals surface area contributed by atoms with E-state index in [4.69, 9.17) is 9.84 Å². The Kier molecular flexibility index (Phi) is 7.19. The van der Waals surface area contributed by atoms with E-state index in [0.29, 0.717) is 25.8 Å². The number of rotatable bonds is 7. The van der Waals surface area contributed by atoms with Crippen LogP contribution >= 0.6 is 0 Å². The molecular formula is C14H25NO4. The lowest BCUT2D eigenvalue weighted by atomic mass is 10.00. The van der Waals surface area contributed by atoms with E-state index in [1.807, 2.05) is 20.8 Å². The van der Waals surface area contributed by atoms with Crippen molar-refractivity contribution in [2.75, 3.05) is 13.6 Å². The summed E-state index contributed by atoms with van der Waals surface area (Å²) in [6.07, 6.45) is 2.82. The van der Waals surface area contributed by atoms with Crippen LogP contribution in [0.3, 0.4) is 0 Å². The molecule has 5 heteroatoms. The van der Waals surface area contributed by atoms with Crippen molar-refractivity contribution in [2.45, 2.75) is 45.6 Å². The lowest BCUT2D eigenvalue weighted by Crippen LogP contribution is -2.35. The van der Waals surface area contributed by atoms with Crippen molar-refractivity contribution in [1.29, 1.82) is 0 Å². The number of allylic oxidation sites excluding steroid dienone is 1. The van der Waals surface area contributed by atoms with Crippen molar-refractivity contribution in [2.24, 2.45) is 5.92 Å². The molecule has 0 rings (SSSR count). The van der Waals surface area contributed by atoms with Gasteiger partial charge in [-0.15, -0.1) is 6.58 Å². The normalized spacial score (nSPS) is 12.6. The average molecular weight is 271 g/mol. The first kappa shape index (κ1) is 17.5. The average Bonchev–Trinajstić information content (AvgIpc) is 2.25. The number of carbonyl (C=O) groups excluding carboxylic acids is 1. The zero-order chi connectivity index (χ0) is 15.1. The van der Waals surface area contributed by atoms with E-state index in [1.54, 1.807) is 13.1 Å². The van der Waals surface area contributed by atoms with E-state index in [1.165, 1.54) is 4.90 Å². The van der Waals surface area contributed by atoms with Crippen LogP contribution in [0.5, 0.6) is 0 Å². The molecule has 1 unspecified atom stereocenters. The van der Waals surface area contributed by atoms with Crippen molar-refractivity contribution in [3.05, 3.63) is 12.7 Å². The lowest BCUT2D eigenvalue weighted by molar-refractivity contribution is -0.141. The molecule has 0 aliphatic heterocycles. The second-order valence-electron chi connectivity index (χ2n) is 5.60. The standard InChI is InChI=1S/C14H25NO4/c1-6-8-11(12(16)17)9-7-10-15(5)13(18)19-14(2,3)4/h6,11H,1,7-10H2,2-5H3,(H,16,17). The predicted octanol–water partition coefficient (Wildman–Crippen LogP) is 2.91. The van der Waals surface area contributed by atoms with Crippen LogP contribution in [0.2, 0.25) is 0 Å². The van der Waals surface area contributed by atoms with Gasteiger partial charge in [0, 0.05) is 13.6 Å². The molecule has 1 atom stereocenters. The Morgan fingerprint density at radius 2 is 2.00 bits per heavy atom. The summed E-state index contributed by atoms with van der Waals surface area (Å²) < 4.78 is 5.21. The number of carbonyl (C=O) groups is 2. The molecule has 0 aromatic rings. The number of hydrogen-bond donors (Lipinski definition) is 1. The zero-order valence-electron chi connectivity index (χ0n) is 12.3.